The van der Waals surface area contributed by atoms with Crippen LogP contribution in [0, 0.1) is 5.41 Å². The van der Waals surface area contributed by atoms with Crippen LogP contribution < -0.4 is 14.4 Å². The van der Waals surface area contributed by atoms with Crippen LogP contribution in [0.2, 0.25) is 5.02 Å². The number of carboxylic acid groups (broad SMARTS) is 1. The number of aliphatic carboxylic acids is 1. The highest BCUT2D eigenvalue weighted by Gasteiger charge is 2.40. The average Bonchev–Trinajstić information content (AvgIpc) is 3.30. The van der Waals surface area contributed by atoms with E-state index >= 15 is 0 Å². The number of carboxylic acids is 1. The molecule has 208 valence electrons. The number of aliphatic hydroxyl groups excluding tert-OH is 1. The molecule has 0 bridgehead atoms. The minimum absolute atomic E-state index is 0.0565. The zero-order chi connectivity index (χ0) is 28.3. The monoisotopic (exact) mass is 558 g/mol. The summed E-state index contributed by atoms with van der Waals surface area (Å²) in [6.45, 7) is 3.74. The number of carbonyl (C=O) groups is 2. The Labute approximate surface area is 231 Å². The van der Waals surface area contributed by atoms with Crippen molar-refractivity contribution in [2.75, 3.05) is 32.3 Å². The van der Waals surface area contributed by atoms with Crippen molar-refractivity contribution in [2.24, 2.45) is 5.41 Å². The van der Waals surface area contributed by atoms with Crippen LogP contribution in [0.15, 0.2) is 47.0 Å². The molecule has 0 unspecified atom stereocenters. The van der Waals surface area contributed by atoms with Crippen LogP contribution in [-0.2, 0) is 27.2 Å². The summed E-state index contributed by atoms with van der Waals surface area (Å²) in [7, 11) is 3.05. The number of methoxy groups -OCH3 is 2. The van der Waals surface area contributed by atoms with Crippen molar-refractivity contribution < 1.29 is 38.4 Å². The normalized spacial score (nSPS) is 17.5. The van der Waals surface area contributed by atoms with Gasteiger partial charge in [-0.1, -0.05) is 37.6 Å². The summed E-state index contributed by atoms with van der Waals surface area (Å²) in [4.78, 5) is 31.0. The topological polar surface area (TPSA) is 132 Å². The third kappa shape index (κ3) is 6.19. The lowest BCUT2D eigenvalue weighted by Crippen LogP contribution is -2.46. The number of benzene rings is 2. The van der Waals surface area contributed by atoms with Crippen LogP contribution in [0.3, 0.4) is 0 Å². The molecule has 2 N–H and O–H groups in total. The van der Waals surface area contributed by atoms with E-state index in [4.69, 9.17) is 35.3 Å². The molecule has 0 radical (unpaired) electrons. The van der Waals surface area contributed by atoms with Crippen molar-refractivity contribution in [1.82, 2.24) is 4.98 Å². The molecule has 0 saturated heterocycles. The molecule has 39 heavy (non-hydrogen) atoms. The van der Waals surface area contributed by atoms with Crippen molar-refractivity contribution in [2.45, 2.75) is 38.9 Å². The van der Waals surface area contributed by atoms with Gasteiger partial charge in [0.15, 0.2) is 17.4 Å². The second-order valence-corrected chi connectivity index (χ2v) is 10.5. The first-order valence-electron chi connectivity index (χ1n) is 12.3. The Kier molecular flexibility index (Phi) is 8.48. The Morgan fingerprint density at radius 3 is 2.62 bits per heavy atom. The number of anilines is 1. The van der Waals surface area contributed by atoms with Gasteiger partial charge < -0.3 is 33.7 Å². The Hall–Kier alpha value is -3.60. The van der Waals surface area contributed by atoms with Gasteiger partial charge in [-0.15, -0.1) is 0 Å². The van der Waals surface area contributed by atoms with Crippen LogP contribution in [0.4, 0.5) is 5.69 Å². The molecule has 2 heterocycles. The first-order chi connectivity index (χ1) is 18.6. The number of aromatic nitrogens is 1. The molecule has 2 atom stereocenters. The Morgan fingerprint density at radius 1 is 1.18 bits per heavy atom. The number of fused-ring (bicyclic) bond motifs is 1. The molecule has 0 aliphatic carbocycles. The predicted molar refractivity (Wildman–Crippen MR) is 142 cm³/mol. The van der Waals surface area contributed by atoms with E-state index in [9.17, 15) is 14.7 Å². The summed E-state index contributed by atoms with van der Waals surface area (Å²) in [6, 6.07) is 10.6. The molecule has 10 nitrogen and oxygen atoms in total. The van der Waals surface area contributed by atoms with Crippen molar-refractivity contribution >= 4 is 29.2 Å². The van der Waals surface area contributed by atoms with Gasteiger partial charge in [0, 0.05) is 40.4 Å². The average molecular weight is 559 g/mol. The number of nitrogens with zero attached hydrogens (tertiary/aromatic N) is 2. The maximum absolute atomic E-state index is 14.1. The van der Waals surface area contributed by atoms with Gasteiger partial charge >= 0.3 is 5.97 Å². The van der Waals surface area contributed by atoms with Crippen molar-refractivity contribution in [3.63, 3.8) is 0 Å². The Morgan fingerprint density at radius 2 is 1.95 bits per heavy atom. The summed E-state index contributed by atoms with van der Waals surface area (Å²) in [5.74, 6) is -0.189. The summed E-state index contributed by atoms with van der Waals surface area (Å²) >= 11 is 6.44. The number of oxazole rings is 1. The van der Waals surface area contributed by atoms with Crippen molar-refractivity contribution in [1.29, 1.82) is 0 Å². The fourth-order valence-electron chi connectivity index (χ4n) is 4.54. The van der Waals surface area contributed by atoms with E-state index in [0.29, 0.717) is 33.3 Å². The first-order valence-corrected chi connectivity index (χ1v) is 12.7. The van der Waals surface area contributed by atoms with Crippen molar-refractivity contribution in [3.8, 4) is 11.5 Å². The Bertz CT molecular complexity index is 1360. The van der Waals surface area contributed by atoms with Crippen LogP contribution in [0.1, 0.15) is 42.7 Å². The van der Waals surface area contributed by atoms with E-state index in [0.717, 1.165) is 0 Å². The molecule has 0 saturated carbocycles. The quantitative estimate of drug-likeness (QED) is 0.378. The Balaban J connectivity index is 1.87. The number of ether oxygens (including phenoxy) is 3. The van der Waals surface area contributed by atoms with E-state index in [-0.39, 0.29) is 43.6 Å². The first kappa shape index (κ1) is 28.4. The zero-order valence-corrected chi connectivity index (χ0v) is 22.9. The molecular weight excluding hydrogens is 528 g/mol. The van der Waals surface area contributed by atoms with E-state index < -0.39 is 23.6 Å². The minimum atomic E-state index is -1.08. The number of hydrogen-bond acceptors (Lipinski definition) is 8. The molecular formula is C28H31ClN2O8. The second kappa shape index (κ2) is 11.6. The van der Waals surface area contributed by atoms with E-state index in [1.54, 1.807) is 35.2 Å². The molecule has 2 aromatic carbocycles. The fraction of sp³-hybridized carbons (Fsp3) is 0.393. The maximum atomic E-state index is 14.1. The highest BCUT2D eigenvalue weighted by atomic mass is 35.5. The van der Waals surface area contributed by atoms with Crippen molar-refractivity contribution in [3.05, 3.63) is 70.4 Å². The second-order valence-electron chi connectivity index (χ2n) is 10.0. The standard InChI is InChI=1S/C28H31ClN2O8/c1-28(2,15-32)14-31-20-9-8-16(29)10-19(20)25(18-6-5-7-21(36-3)26(18)37-4)39-22(27(31)35)12-23-30-13-17(38-23)11-24(33)34/h5-10,13,22,25,32H,11-12,14-15H2,1-4H3,(H,33,34)/t22-,25-/m1/s1. The highest BCUT2D eigenvalue weighted by molar-refractivity contribution is 6.30. The lowest BCUT2D eigenvalue weighted by molar-refractivity contribution is -0.136. The van der Waals surface area contributed by atoms with Gasteiger partial charge in [-0.2, -0.15) is 0 Å². The number of amides is 1. The lowest BCUT2D eigenvalue weighted by Gasteiger charge is -2.32. The predicted octanol–water partition coefficient (Wildman–Crippen LogP) is 4.05. The van der Waals surface area contributed by atoms with Crippen LogP contribution in [0.5, 0.6) is 11.5 Å². The number of carbonyl (C=O) groups excluding carboxylic acids is 1. The highest BCUT2D eigenvalue weighted by Crippen LogP contribution is 2.45. The molecule has 0 spiro atoms. The third-order valence-electron chi connectivity index (χ3n) is 6.42. The molecule has 3 aromatic rings. The van der Waals surface area contributed by atoms with Crippen LogP contribution in [0.25, 0.3) is 0 Å². The lowest BCUT2D eigenvalue weighted by atomic mass is 9.92. The molecule has 11 heteroatoms. The molecule has 0 fully saturated rings. The minimum Gasteiger partial charge on any atom is -0.493 e. The fourth-order valence-corrected chi connectivity index (χ4v) is 4.72. The number of aliphatic hydroxyl groups is 1. The van der Waals surface area contributed by atoms with E-state index in [2.05, 4.69) is 4.98 Å². The molecule has 4 rings (SSSR count). The molecule has 1 aliphatic rings. The zero-order valence-electron chi connectivity index (χ0n) is 22.1. The van der Waals surface area contributed by atoms with E-state index in [1.807, 2.05) is 19.9 Å². The summed E-state index contributed by atoms with van der Waals surface area (Å²) in [5, 5.41) is 19.6. The largest absolute Gasteiger partial charge is 0.493 e. The van der Waals surface area contributed by atoms with Gasteiger partial charge in [0.2, 0.25) is 0 Å². The summed E-state index contributed by atoms with van der Waals surface area (Å²) in [5.41, 5.74) is 1.17. The maximum Gasteiger partial charge on any atom is 0.311 e. The summed E-state index contributed by atoms with van der Waals surface area (Å²) in [6.07, 6.45) is -0.958. The smallest absolute Gasteiger partial charge is 0.311 e. The third-order valence-corrected chi connectivity index (χ3v) is 6.66. The van der Waals surface area contributed by atoms with Gasteiger partial charge in [-0.05, 0) is 24.3 Å². The molecule has 1 aromatic heterocycles. The van der Waals surface area contributed by atoms with Gasteiger partial charge in [0.05, 0.1) is 26.8 Å². The molecule has 1 aliphatic heterocycles. The number of rotatable bonds is 10. The van der Waals surface area contributed by atoms with Crippen LogP contribution in [-0.4, -0.2) is 60.5 Å². The van der Waals surface area contributed by atoms with Gasteiger partial charge in [-0.3, -0.25) is 9.59 Å². The summed E-state index contributed by atoms with van der Waals surface area (Å²) < 4.78 is 23.4. The van der Waals surface area contributed by atoms with Gasteiger partial charge in [-0.25, -0.2) is 4.98 Å². The SMILES string of the molecule is COc1cccc([C@H]2O[C@H](Cc3ncc(CC(=O)O)o3)C(=O)N(CC(C)(C)CO)c3ccc(Cl)cc32)c1OC. The number of halogens is 1. The van der Waals surface area contributed by atoms with Gasteiger partial charge in [0.25, 0.3) is 5.91 Å². The van der Waals surface area contributed by atoms with Crippen LogP contribution >= 0.6 is 11.6 Å². The van der Waals surface area contributed by atoms with Gasteiger partial charge in [0.1, 0.15) is 24.4 Å². The molecule has 1 amide bonds. The van der Waals surface area contributed by atoms with E-state index in [1.165, 1.54) is 20.4 Å². The number of para-hydroxylation sites is 1. The number of hydrogen-bond donors (Lipinski definition) is 2.